The summed E-state index contributed by atoms with van der Waals surface area (Å²) in [5, 5.41) is 3.59. The van der Waals surface area contributed by atoms with E-state index < -0.39 is 0 Å². The molecule has 0 saturated heterocycles. The number of anilines is 1. The maximum Gasteiger partial charge on any atom is 0.233 e. The SMILES string of the molecule is CNC(=O)CN(C)Cc1cc2ccc(OC)cc2nc1N. The number of pyridine rings is 1. The molecule has 1 heterocycles. The lowest BCUT2D eigenvalue weighted by molar-refractivity contribution is -0.121. The second kappa shape index (κ2) is 6.41. The van der Waals surface area contributed by atoms with E-state index in [4.69, 9.17) is 10.5 Å². The highest BCUT2D eigenvalue weighted by molar-refractivity contribution is 5.82. The fourth-order valence-corrected chi connectivity index (χ4v) is 2.13. The Balaban J connectivity index is 2.24. The van der Waals surface area contributed by atoms with E-state index in [9.17, 15) is 4.79 Å². The maximum absolute atomic E-state index is 11.4. The molecule has 1 amide bonds. The zero-order valence-corrected chi connectivity index (χ0v) is 12.5. The van der Waals surface area contributed by atoms with Crippen molar-refractivity contribution in [1.82, 2.24) is 15.2 Å². The van der Waals surface area contributed by atoms with Crippen molar-refractivity contribution < 1.29 is 9.53 Å². The number of nitrogens with zero attached hydrogens (tertiary/aromatic N) is 2. The van der Waals surface area contributed by atoms with Crippen LogP contribution in [0.5, 0.6) is 5.75 Å². The number of nitrogens with one attached hydrogen (secondary N) is 1. The van der Waals surface area contributed by atoms with Crippen LogP contribution in [-0.2, 0) is 11.3 Å². The van der Waals surface area contributed by atoms with Gasteiger partial charge in [-0.3, -0.25) is 9.69 Å². The van der Waals surface area contributed by atoms with Gasteiger partial charge in [-0.15, -0.1) is 0 Å². The van der Waals surface area contributed by atoms with Crippen LogP contribution in [0.1, 0.15) is 5.56 Å². The van der Waals surface area contributed by atoms with E-state index >= 15 is 0 Å². The van der Waals surface area contributed by atoms with Crippen LogP contribution >= 0.6 is 0 Å². The zero-order chi connectivity index (χ0) is 15.4. The molecule has 3 N–H and O–H groups in total. The predicted octanol–water partition coefficient (Wildman–Crippen LogP) is 1.00. The Bertz CT molecular complexity index is 657. The van der Waals surface area contributed by atoms with Crippen molar-refractivity contribution in [2.75, 3.05) is 33.5 Å². The van der Waals surface area contributed by atoms with Gasteiger partial charge in [0.25, 0.3) is 0 Å². The number of carbonyl (C=O) groups excluding carboxylic acids is 1. The number of methoxy groups -OCH3 is 1. The highest BCUT2D eigenvalue weighted by atomic mass is 16.5. The zero-order valence-electron chi connectivity index (χ0n) is 12.5. The van der Waals surface area contributed by atoms with E-state index in [0.717, 1.165) is 22.2 Å². The standard InChI is InChI=1S/C15H20N4O2/c1-17-14(20)9-19(2)8-11-6-10-4-5-12(21-3)7-13(10)18-15(11)16/h4-7H,8-9H2,1-3H3,(H2,16,18)(H,17,20). The molecule has 2 rings (SSSR count). The van der Waals surface area contributed by atoms with Gasteiger partial charge in [0.05, 0.1) is 19.2 Å². The Hall–Kier alpha value is -2.34. The molecular formula is C15H20N4O2. The number of fused-ring (bicyclic) bond motifs is 1. The lowest BCUT2D eigenvalue weighted by atomic mass is 10.1. The molecule has 0 aliphatic rings. The smallest absolute Gasteiger partial charge is 0.233 e. The molecule has 0 fully saturated rings. The number of carbonyl (C=O) groups is 1. The molecule has 6 nitrogen and oxygen atoms in total. The predicted molar refractivity (Wildman–Crippen MR) is 83.1 cm³/mol. The first-order valence-electron chi connectivity index (χ1n) is 6.65. The first kappa shape index (κ1) is 15.1. The average molecular weight is 288 g/mol. The Morgan fingerprint density at radius 1 is 1.43 bits per heavy atom. The number of rotatable bonds is 5. The number of nitrogen functional groups attached to an aromatic ring is 1. The van der Waals surface area contributed by atoms with E-state index in [0.29, 0.717) is 18.9 Å². The molecule has 21 heavy (non-hydrogen) atoms. The molecule has 2 aromatic rings. The van der Waals surface area contributed by atoms with E-state index in [1.807, 2.05) is 36.2 Å². The van der Waals surface area contributed by atoms with Gasteiger partial charge in [-0.25, -0.2) is 4.98 Å². The van der Waals surface area contributed by atoms with Crippen LogP contribution in [0, 0.1) is 0 Å². The van der Waals surface area contributed by atoms with Crippen molar-refractivity contribution in [3.05, 3.63) is 29.8 Å². The van der Waals surface area contributed by atoms with E-state index in [2.05, 4.69) is 10.3 Å². The number of benzene rings is 1. The van der Waals surface area contributed by atoms with E-state index in [-0.39, 0.29) is 5.91 Å². The molecule has 0 aliphatic heterocycles. The molecule has 0 bridgehead atoms. The van der Waals surface area contributed by atoms with Gasteiger partial charge in [0.15, 0.2) is 0 Å². The van der Waals surface area contributed by atoms with Gasteiger partial charge >= 0.3 is 0 Å². The Morgan fingerprint density at radius 3 is 2.86 bits per heavy atom. The van der Waals surface area contributed by atoms with Gasteiger partial charge < -0.3 is 15.8 Å². The monoisotopic (exact) mass is 288 g/mol. The summed E-state index contributed by atoms with van der Waals surface area (Å²) in [5.41, 5.74) is 7.71. The Labute approximate surface area is 123 Å². The average Bonchev–Trinajstić information content (AvgIpc) is 2.47. The van der Waals surface area contributed by atoms with Crippen LogP contribution in [0.2, 0.25) is 0 Å². The molecular weight excluding hydrogens is 268 g/mol. The minimum atomic E-state index is -0.0328. The van der Waals surface area contributed by atoms with Gasteiger partial charge in [0, 0.05) is 30.6 Å². The second-order valence-corrected chi connectivity index (χ2v) is 4.94. The van der Waals surface area contributed by atoms with Crippen LogP contribution in [0.15, 0.2) is 24.3 Å². The van der Waals surface area contributed by atoms with Crippen LogP contribution in [0.25, 0.3) is 10.9 Å². The van der Waals surface area contributed by atoms with E-state index in [1.54, 1.807) is 14.2 Å². The third kappa shape index (κ3) is 3.61. The number of amides is 1. The summed E-state index contributed by atoms with van der Waals surface area (Å²) in [6.07, 6.45) is 0. The first-order valence-corrected chi connectivity index (χ1v) is 6.65. The molecule has 1 aromatic heterocycles. The molecule has 0 aliphatic carbocycles. The van der Waals surface area contributed by atoms with Crippen molar-refractivity contribution in [2.45, 2.75) is 6.54 Å². The number of nitrogens with two attached hydrogens (primary N) is 1. The molecule has 6 heteroatoms. The summed E-state index contributed by atoms with van der Waals surface area (Å²) >= 11 is 0. The summed E-state index contributed by atoms with van der Waals surface area (Å²) in [7, 11) is 5.11. The van der Waals surface area contributed by atoms with Gasteiger partial charge in [0.2, 0.25) is 5.91 Å². The summed E-state index contributed by atoms with van der Waals surface area (Å²) < 4.78 is 5.18. The summed E-state index contributed by atoms with van der Waals surface area (Å²) in [6, 6.07) is 7.68. The topological polar surface area (TPSA) is 80.5 Å². The van der Waals surface area contributed by atoms with E-state index in [1.165, 1.54) is 0 Å². The van der Waals surface area contributed by atoms with Gasteiger partial charge in [-0.2, -0.15) is 0 Å². The lowest BCUT2D eigenvalue weighted by Gasteiger charge is -2.17. The van der Waals surface area contributed by atoms with Crippen LogP contribution in [0.4, 0.5) is 5.82 Å². The molecule has 0 atom stereocenters. The molecule has 0 saturated carbocycles. The van der Waals surface area contributed by atoms with Crippen molar-refractivity contribution >= 4 is 22.6 Å². The number of ether oxygens (including phenoxy) is 1. The Morgan fingerprint density at radius 2 is 2.19 bits per heavy atom. The minimum absolute atomic E-state index is 0.0328. The number of aromatic nitrogens is 1. The van der Waals surface area contributed by atoms with Crippen LogP contribution in [-0.4, -0.2) is 43.5 Å². The normalized spacial score (nSPS) is 10.9. The van der Waals surface area contributed by atoms with Crippen molar-refractivity contribution in [1.29, 1.82) is 0 Å². The third-order valence-corrected chi connectivity index (χ3v) is 3.27. The van der Waals surface area contributed by atoms with Crippen molar-refractivity contribution in [3.8, 4) is 5.75 Å². The fourth-order valence-electron chi connectivity index (χ4n) is 2.13. The summed E-state index contributed by atoms with van der Waals surface area (Å²) in [5.74, 6) is 1.19. The van der Waals surface area contributed by atoms with Crippen LogP contribution < -0.4 is 15.8 Å². The Kier molecular flexibility index (Phi) is 4.59. The van der Waals surface area contributed by atoms with Crippen molar-refractivity contribution in [2.24, 2.45) is 0 Å². The molecule has 0 radical (unpaired) electrons. The minimum Gasteiger partial charge on any atom is -0.497 e. The molecule has 1 aromatic carbocycles. The second-order valence-electron chi connectivity index (χ2n) is 4.94. The van der Waals surface area contributed by atoms with Gasteiger partial charge in [-0.1, -0.05) is 0 Å². The highest BCUT2D eigenvalue weighted by Gasteiger charge is 2.10. The quantitative estimate of drug-likeness (QED) is 0.858. The lowest BCUT2D eigenvalue weighted by Crippen LogP contribution is -2.32. The molecule has 0 unspecified atom stereocenters. The number of hydrogen-bond acceptors (Lipinski definition) is 5. The molecule has 0 spiro atoms. The third-order valence-electron chi connectivity index (χ3n) is 3.27. The number of hydrogen-bond donors (Lipinski definition) is 2. The fraction of sp³-hybridized carbons (Fsp3) is 0.333. The summed E-state index contributed by atoms with van der Waals surface area (Å²) in [4.78, 5) is 17.7. The number of likely N-dealkylation sites (N-methyl/N-ethyl adjacent to an activating group) is 2. The largest absolute Gasteiger partial charge is 0.497 e. The van der Waals surface area contributed by atoms with Gasteiger partial charge in [0.1, 0.15) is 11.6 Å². The first-order chi connectivity index (χ1) is 10.0. The highest BCUT2D eigenvalue weighted by Crippen LogP contribution is 2.23. The van der Waals surface area contributed by atoms with Crippen molar-refractivity contribution in [3.63, 3.8) is 0 Å². The molecule has 112 valence electrons. The van der Waals surface area contributed by atoms with Gasteiger partial charge in [-0.05, 0) is 25.2 Å². The summed E-state index contributed by atoms with van der Waals surface area (Å²) in [6.45, 7) is 0.880. The van der Waals surface area contributed by atoms with Crippen LogP contribution in [0.3, 0.4) is 0 Å². The maximum atomic E-state index is 11.4.